The van der Waals surface area contributed by atoms with Crippen LogP contribution in [0.1, 0.15) is 38.3 Å². The predicted molar refractivity (Wildman–Crippen MR) is 146 cm³/mol. The van der Waals surface area contributed by atoms with E-state index in [0.717, 1.165) is 17.1 Å². The number of nitrogens with zero attached hydrogens (tertiary/aromatic N) is 3. The minimum Gasteiger partial charge on any atom is -0.332 e. The van der Waals surface area contributed by atoms with Crippen LogP contribution in [0.15, 0.2) is 83.9 Å². The molecule has 1 saturated carbocycles. The minimum absolute atomic E-state index is 0.0333. The monoisotopic (exact) mass is 498 g/mol. The molecular weight excluding hydrogens is 472 g/mol. The van der Waals surface area contributed by atoms with Gasteiger partial charge in [0.1, 0.15) is 5.78 Å². The number of Topliss-reactive ketones (excluding diaryl/α,β-unsaturated/α-hetero) is 1. The Morgan fingerprint density at radius 1 is 1.06 bits per heavy atom. The van der Waals surface area contributed by atoms with Gasteiger partial charge in [0.15, 0.2) is 5.11 Å². The molecule has 0 bridgehead atoms. The summed E-state index contributed by atoms with van der Waals surface area (Å²) < 4.78 is 0. The van der Waals surface area contributed by atoms with E-state index in [2.05, 4.69) is 19.2 Å². The molecule has 3 aromatic rings. The maximum absolute atomic E-state index is 13.8. The number of nitro groups is 1. The number of rotatable bonds is 3. The Bertz CT molecular complexity index is 1390. The standard InChI is InChI=1S/C28H26N4O3S/c1-28(2)16-22-25(24(33)17-28)26(18-9-8-12-20(15-18)32(34)35)31(23-14-7-6-13-21(23)30-22)27(36)29-19-10-4-3-5-11-19/h3-15,25-26H,16-17H2,1-2H3,(H,29,36). The summed E-state index contributed by atoms with van der Waals surface area (Å²) in [7, 11) is 0. The molecule has 182 valence electrons. The maximum atomic E-state index is 13.8. The number of anilines is 2. The van der Waals surface area contributed by atoms with Crippen LogP contribution in [0.3, 0.4) is 0 Å². The quantitative estimate of drug-likeness (QED) is 0.248. The molecule has 8 heteroatoms. The van der Waals surface area contributed by atoms with E-state index < -0.39 is 16.9 Å². The summed E-state index contributed by atoms with van der Waals surface area (Å²) in [6.45, 7) is 4.14. The van der Waals surface area contributed by atoms with Crippen LogP contribution in [0.25, 0.3) is 0 Å². The zero-order chi connectivity index (χ0) is 25.4. The van der Waals surface area contributed by atoms with E-state index in [1.807, 2.05) is 65.6 Å². The topological polar surface area (TPSA) is 87.8 Å². The fourth-order valence-electron chi connectivity index (χ4n) is 5.22. The number of non-ortho nitro benzene ring substituents is 1. The number of para-hydroxylation sites is 3. The number of benzene rings is 3. The number of aliphatic imine (C=N–C) groups is 1. The van der Waals surface area contributed by atoms with E-state index in [4.69, 9.17) is 17.2 Å². The second-order valence-electron chi connectivity index (χ2n) is 10.0. The van der Waals surface area contributed by atoms with E-state index in [9.17, 15) is 14.9 Å². The van der Waals surface area contributed by atoms with Gasteiger partial charge in [-0.3, -0.25) is 19.9 Å². The number of thiocarbonyl (C=S) groups is 1. The van der Waals surface area contributed by atoms with Crippen LogP contribution in [-0.4, -0.2) is 21.5 Å². The molecule has 3 aromatic carbocycles. The lowest BCUT2D eigenvalue weighted by Crippen LogP contribution is -2.48. The number of hydrogen-bond donors (Lipinski definition) is 1. The number of carbonyl (C=O) groups is 1. The molecule has 0 saturated heterocycles. The highest BCUT2D eigenvalue weighted by Crippen LogP contribution is 2.48. The lowest BCUT2D eigenvalue weighted by Gasteiger charge is -2.41. The van der Waals surface area contributed by atoms with E-state index in [1.165, 1.54) is 6.07 Å². The average Bonchev–Trinajstić information content (AvgIpc) is 2.98. The van der Waals surface area contributed by atoms with E-state index in [-0.39, 0.29) is 16.9 Å². The zero-order valence-electron chi connectivity index (χ0n) is 20.0. The van der Waals surface area contributed by atoms with Crippen molar-refractivity contribution in [1.82, 2.24) is 0 Å². The van der Waals surface area contributed by atoms with Crippen molar-refractivity contribution in [1.29, 1.82) is 0 Å². The molecular formula is C28H26N4O3S. The lowest BCUT2D eigenvalue weighted by molar-refractivity contribution is -0.384. The third-order valence-corrected chi connectivity index (χ3v) is 6.98. The van der Waals surface area contributed by atoms with Crippen molar-refractivity contribution in [3.63, 3.8) is 0 Å². The first-order valence-corrected chi connectivity index (χ1v) is 12.2. The summed E-state index contributed by atoms with van der Waals surface area (Å²) in [5.74, 6) is -0.537. The van der Waals surface area contributed by atoms with Gasteiger partial charge in [0, 0.05) is 30.0 Å². The van der Waals surface area contributed by atoms with Crippen molar-refractivity contribution < 1.29 is 9.72 Å². The number of nitrogens with one attached hydrogen (secondary N) is 1. The Morgan fingerprint density at radius 2 is 1.78 bits per heavy atom. The number of ketones is 1. The lowest BCUT2D eigenvalue weighted by atomic mass is 9.68. The van der Waals surface area contributed by atoms with Gasteiger partial charge >= 0.3 is 0 Å². The summed E-state index contributed by atoms with van der Waals surface area (Å²) >= 11 is 5.95. The zero-order valence-corrected chi connectivity index (χ0v) is 20.9. The highest BCUT2D eigenvalue weighted by Gasteiger charge is 2.47. The van der Waals surface area contributed by atoms with Crippen LogP contribution in [-0.2, 0) is 4.79 Å². The Kier molecular flexibility index (Phi) is 6.14. The van der Waals surface area contributed by atoms with E-state index >= 15 is 0 Å². The summed E-state index contributed by atoms with van der Waals surface area (Å²) in [5, 5.41) is 15.3. The highest BCUT2D eigenvalue weighted by atomic mass is 32.1. The van der Waals surface area contributed by atoms with Crippen LogP contribution in [0.4, 0.5) is 22.7 Å². The SMILES string of the molecule is CC1(C)CC(=O)C2C(=Nc3ccccc3N(C(=S)Nc3ccccc3)C2c2cccc([N+](=O)[O-])c2)C1. The molecule has 1 fully saturated rings. The van der Waals surface area contributed by atoms with Gasteiger partial charge in [0.2, 0.25) is 0 Å². The fraction of sp³-hybridized carbons (Fsp3) is 0.250. The normalized spacial score (nSPS) is 20.4. The Hall–Kier alpha value is -3.91. The second-order valence-corrected chi connectivity index (χ2v) is 10.4. The highest BCUT2D eigenvalue weighted by molar-refractivity contribution is 7.80. The maximum Gasteiger partial charge on any atom is 0.269 e. The molecule has 0 amide bonds. The summed E-state index contributed by atoms with van der Waals surface area (Å²) in [6, 6.07) is 23.1. The fourth-order valence-corrected chi connectivity index (χ4v) is 5.55. The molecule has 0 radical (unpaired) electrons. The van der Waals surface area contributed by atoms with Gasteiger partial charge in [0.05, 0.1) is 28.3 Å². The Morgan fingerprint density at radius 3 is 2.53 bits per heavy atom. The van der Waals surface area contributed by atoms with Crippen LogP contribution in [0.2, 0.25) is 0 Å². The molecule has 7 nitrogen and oxygen atoms in total. The van der Waals surface area contributed by atoms with Crippen molar-refractivity contribution >= 4 is 51.6 Å². The van der Waals surface area contributed by atoms with Gasteiger partial charge in [-0.05, 0) is 53.9 Å². The molecule has 1 heterocycles. The number of fused-ring (bicyclic) bond motifs is 2. The first-order valence-electron chi connectivity index (χ1n) is 11.8. The van der Waals surface area contributed by atoms with Crippen molar-refractivity contribution in [2.24, 2.45) is 16.3 Å². The van der Waals surface area contributed by atoms with Gasteiger partial charge < -0.3 is 10.2 Å². The van der Waals surface area contributed by atoms with Crippen LogP contribution in [0.5, 0.6) is 0 Å². The molecule has 36 heavy (non-hydrogen) atoms. The van der Waals surface area contributed by atoms with Gasteiger partial charge in [-0.1, -0.05) is 56.3 Å². The molecule has 1 N–H and O–H groups in total. The first kappa shape index (κ1) is 23.8. The molecule has 1 aliphatic heterocycles. The molecule has 2 atom stereocenters. The number of hydrogen-bond acceptors (Lipinski definition) is 5. The van der Waals surface area contributed by atoms with Gasteiger partial charge in [-0.25, -0.2) is 0 Å². The first-order chi connectivity index (χ1) is 17.2. The summed E-state index contributed by atoms with van der Waals surface area (Å²) in [4.78, 5) is 31.9. The molecule has 1 aliphatic carbocycles. The van der Waals surface area contributed by atoms with Crippen molar-refractivity contribution in [3.8, 4) is 0 Å². The smallest absolute Gasteiger partial charge is 0.269 e. The van der Waals surface area contributed by atoms with Crippen molar-refractivity contribution in [2.45, 2.75) is 32.7 Å². The van der Waals surface area contributed by atoms with Crippen LogP contribution in [0, 0.1) is 21.4 Å². The molecule has 2 aliphatic rings. The summed E-state index contributed by atoms with van der Waals surface area (Å²) in [5.41, 5.74) is 3.43. The van der Waals surface area contributed by atoms with Gasteiger partial charge in [-0.2, -0.15) is 0 Å². The molecule has 0 aromatic heterocycles. The summed E-state index contributed by atoms with van der Waals surface area (Å²) in [6.07, 6.45) is 1.04. The number of carbonyl (C=O) groups excluding carboxylic acids is 1. The Balaban J connectivity index is 1.72. The largest absolute Gasteiger partial charge is 0.332 e. The van der Waals surface area contributed by atoms with Crippen molar-refractivity contribution in [2.75, 3.05) is 10.2 Å². The number of nitro benzene ring substituents is 1. The van der Waals surface area contributed by atoms with E-state index in [0.29, 0.717) is 29.2 Å². The van der Waals surface area contributed by atoms with Crippen molar-refractivity contribution in [3.05, 3.63) is 94.5 Å². The van der Waals surface area contributed by atoms with Crippen LogP contribution < -0.4 is 10.2 Å². The third kappa shape index (κ3) is 4.52. The van der Waals surface area contributed by atoms with Crippen LogP contribution >= 0.6 is 12.2 Å². The molecule has 0 spiro atoms. The minimum atomic E-state index is -0.598. The van der Waals surface area contributed by atoms with Gasteiger partial charge in [-0.15, -0.1) is 0 Å². The van der Waals surface area contributed by atoms with Gasteiger partial charge in [0.25, 0.3) is 5.69 Å². The third-order valence-electron chi connectivity index (χ3n) is 6.68. The Labute approximate surface area is 215 Å². The second kappa shape index (κ2) is 9.28. The molecule has 5 rings (SSSR count). The predicted octanol–water partition coefficient (Wildman–Crippen LogP) is 6.63. The average molecular weight is 499 g/mol. The van der Waals surface area contributed by atoms with E-state index in [1.54, 1.807) is 12.1 Å². The molecule has 2 unspecified atom stereocenters.